The van der Waals surface area contributed by atoms with Crippen molar-refractivity contribution in [1.29, 1.82) is 0 Å². The minimum absolute atomic E-state index is 0. The number of halogens is 1. The van der Waals surface area contributed by atoms with Crippen LogP contribution in [-0.4, -0.2) is 44.7 Å². The number of rotatable bonds is 7. The Balaban J connectivity index is 0.00000392. The Kier molecular flexibility index (Phi) is 9.48. The minimum atomic E-state index is -0.430. The Hall–Kier alpha value is -2.57. The Morgan fingerprint density at radius 2 is 1.79 bits per heavy atom. The average Bonchev–Trinajstić information content (AvgIpc) is 2.65. The molecule has 0 aliphatic heterocycles. The highest BCUT2D eigenvalue weighted by Crippen LogP contribution is 2.22. The molecule has 7 heteroatoms. The number of nitrogens with one attached hydrogen (secondary N) is 1. The van der Waals surface area contributed by atoms with Gasteiger partial charge in [0.05, 0.1) is 12.2 Å². The van der Waals surface area contributed by atoms with E-state index in [1.54, 1.807) is 32.3 Å². The first-order valence-corrected chi connectivity index (χ1v) is 8.81. The van der Waals surface area contributed by atoms with Gasteiger partial charge < -0.3 is 19.7 Å². The molecule has 1 atom stereocenters. The van der Waals surface area contributed by atoms with Gasteiger partial charge in [0.2, 0.25) is 0 Å². The molecule has 0 heterocycles. The predicted molar refractivity (Wildman–Crippen MR) is 111 cm³/mol. The monoisotopic (exact) mass is 406 g/mol. The molecule has 0 fully saturated rings. The lowest BCUT2D eigenvalue weighted by Gasteiger charge is -2.18. The molecular formula is C21H27ClN2O4. The number of benzene rings is 2. The van der Waals surface area contributed by atoms with Gasteiger partial charge in [0.25, 0.3) is 0 Å². The lowest BCUT2D eigenvalue weighted by molar-refractivity contribution is 0.0490. The fourth-order valence-corrected chi connectivity index (χ4v) is 2.51. The Morgan fingerprint density at radius 1 is 1.11 bits per heavy atom. The summed E-state index contributed by atoms with van der Waals surface area (Å²) in [5.41, 5.74) is 2.59. The molecule has 6 nitrogen and oxygen atoms in total. The summed E-state index contributed by atoms with van der Waals surface area (Å²) in [4.78, 5) is 25.2. The molecule has 1 N–H and O–H groups in total. The van der Waals surface area contributed by atoms with Gasteiger partial charge in [-0.15, -0.1) is 12.4 Å². The second kappa shape index (κ2) is 11.3. The zero-order chi connectivity index (χ0) is 19.8. The molecule has 152 valence electrons. The second-order valence-electron chi connectivity index (χ2n) is 6.47. The number of esters is 1. The van der Waals surface area contributed by atoms with Gasteiger partial charge in [-0.3, -0.25) is 0 Å². The molecule has 0 saturated heterocycles. The van der Waals surface area contributed by atoms with Crippen LogP contribution in [0.2, 0.25) is 0 Å². The standard InChI is InChI=1S/C21H26N2O4.ClH/c1-15-8-10-16(11-9-15)20(24)26-13-12-19(22-2)17-6-5-7-18(14-17)27-21(25)23(3)4;/h5-11,14,19,22H,12-13H2,1-4H3;1H. The molecule has 1 amide bonds. The fraction of sp³-hybridized carbons (Fsp3) is 0.333. The Morgan fingerprint density at radius 3 is 2.39 bits per heavy atom. The van der Waals surface area contributed by atoms with E-state index in [1.807, 2.05) is 44.3 Å². The zero-order valence-corrected chi connectivity index (χ0v) is 17.4. The van der Waals surface area contributed by atoms with Crippen LogP contribution in [0.15, 0.2) is 48.5 Å². The van der Waals surface area contributed by atoms with Crippen molar-refractivity contribution < 1.29 is 19.1 Å². The van der Waals surface area contributed by atoms with Crippen LogP contribution in [0.4, 0.5) is 4.79 Å². The SMILES string of the molecule is CNC(CCOC(=O)c1ccc(C)cc1)c1cccc(OC(=O)N(C)C)c1.Cl. The maximum atomic E-state index is 12.1. The summed E-state index contributed by atoms with van der Waals surface area (Å²) < 4.78 is 10.7. The van der Waals surface area contributed by atoms with Gasteiger partial charge in [-0.2, -0.15) is 0 Å². The molecule has 0 saturated carbocycles. The number of nitrogens with zero attached hydrogens (tertiary/aromatic N) is 1. The molecule has 1 unspecified atom stereocenters. The molecule has 0 spiro atoms. The van der Waals surface area contributed by atoms with Crippen LogP contribution in [0.1, 0.15) is 33.9 Å². The number of aryl methyl sites for hydroxylation is 1. The van der Waals surface area contributed by atoms with Gasteiger partial charge in [-0.05, 0) is 43.8 Å². The summed E-state index contributed by atoms with van der Waals surface area (Å²) in [7, 11) is 5.10. The van der Waals surface area contributed by atoms with Crippen LogP contribution >= 0.6 is 12.4 Å². The van der Waals surface area contributed by atoms with E-state index in [0.29, 0.717) is 17.7 Å². The number of hydrogen-bond donors (Lipinski definition) is 1. The first kappa shape index (κ1) is 23.5. The first-order valence-electron chi connectivity index (χ1n) is 8.81. The first-order chi connectivity index (χ1) is 12.9. The third-order valence-corrected chi connectivity index (χ3v) is 4.11. The predicted octanol–water partition coefficient (Wildman–Crippen LogP) is 3.98. The molecule has 0 aliphatic carbocycles. The number of ether oxygens (including phenoxy) is 2. The molecule has 2 aromatic carbocycles. The Bertz CT molecular complexity index is 778. The van der Waals surface area contributed by atoms with E-state index in [1.165, 1.54) is 4.90 Å². The second-order valence-corrected chi connectivity index (χ2v) is 6.47. The van der Waals surface area contributed by atoms with E-state index in [2.05, 4.69) is 5.32 Å². The van der Waals surface area contributed by atoms with Crippen molar-refractivity contribution in [3.8, 4) is 5.75 Å². The summed E-state index contributed by atoms with van der Waals surface area (Å²) >= 11 is 0. The normalized spacial score (nSPS) is 11.1. The lowest BCUT2D eigenvalue weighted by atomic mass is 10.0. The maximum Gasteiger partial charge on any atom is 0.414 e. The zero-order valence-electron chi connectivity index (χ0n) is 16.6. The van der Waals surface area contributed by atoms with Gasteiger partial charge in [0, 0.05) is 26.6 Å². The van der Waals surface area contributed by atoms with Gasteiger partial charge in [-0.1, -0.05) is 29.8 Å². The van der Waals surface area contributed by atoms with Crippen molar-refractivity contribution in [3.05, 3.63) is 65.2 Å². The number of amides is 1. The van der Waals surface area contributed by atoms with Gasteiger partial charge in [-0.25, -0.2) is 9.59 Å². The van der Waals surface area contributed by atoms with E-state index in [4.69, 9.17) is 9.47 Å². The topological polar surface area (TPSA) is 67.9 Å². The van der Waals surface area contributed by atoms with Crippen LogP contribution in [0.3, 0.4) is 0 Å². The third kappa shape index (κ3) is 6.87. The molecular weight excluding hydrogens is 380 g/mol. The molecule has 0 aromatic heterocycles. The van der Waals surface area contributed by atoms with Crippen molar-refractivity contribution in [2.45, 2.75) is 19.4 Å². The maximum absolute atomic E-state index is 12.1. The van der Waals surface area contributed by atoms with Crippen molar-refractivity contribution in [3.63, 3.8) is 0 Å². The molecule has 0 radical (unpaired) electrons. The smallest absolute Gasteiger partial charge is 0.414 e. The van der Waals surface area contributed by atoms with Gasteiger partial charge in [0.1, 0.15) is 5.75 Å². The number of hydrogen-bond acceptors (Lipinski definition) is 5. The van der Waals surface area contributed by atoms with Crippen molar-refractivity contribution in [1.82, 2.24) is 10.2 Å². The molecule has 2 aromatic rings. The van der Waals surface area contributed by atoms with Crippen molar-refractivity contribution in [2.24, 2.45) is 0 Å². The highest BCUT2D eigenvalue weighted by Gasteiger charge is 2.14. The average molecular weight is 407 g/mol. The van der Waals surface area contributed by atoms with Crippen molar-refractivity contribution >= 4 is 24.5 Å². The van der Waals surface area contributed by atoms with Gasteiger partial charge in [0.15, 0.2) is 0 Å². The molecule has 2 rings (SSSR count). The lowest BCUT2D eigenvalue weighted by Crippen LogP contribution is -2.25. The summed E-state index contributed by atoms with van der Waals surface area (Å²) in [6.07, 6.45) is 0.166. The highest BCUT2D eigenvalue weighted by atomic mass is 35.5. The van der Waals surface area contributed by atoms with E-state index in [-0.39, 0.29) is 31.0 Å². The fourth-order valence-electron chi connectivity index (χ4n) is 2.51. The van der Waals surface area contributed by atoms with E-state index in [0.717, 1.165) is 11.1 Å². The third-order valence-electron chi connectivity index (χ3n) is 4.11. The summed E-state index contributed by atoms with van der Waals surface area (Å²) in [6.45, 7) is 2.25. The van der Waals surface area contributed by atoms with Crippen LogP contribution < -0.4 is 10.1 Å². The van der Waals surface area contributed by atoms with Crippen LogP contribution in [0.5, 0.6) is 5.75 Å². The minimum Gasteiger partial charge on any atom is -0.462 e. The summed E-state index contributed by atoms with van der Waals surface area (Å²) in [5, 5.41) is 3.20. The largest absolute Gasteiger partial charge is 0.462 e. The van der Waals surface area contributed by atoms with E-state index < -0.39 is 6.09 Å². The summed E-state index contributed by atoms with van der Waals surface area (Å²) in [6, 6.07) is 14.6. The van der Waals surface area contributed by atoms with Gasteiger partial charge >= 0.3 is 12.1 Å². The van der Waals surface area contributed by atoms with E-state index >= 15 is 0 Å². The van der Waals surface area contributed by atoms with Crippen molar-refractivity contribution in [2.75, 3.05) is 27.7 Å². The number of carbonyl (C=O) groups is 2. The quantitative estimate of drug-likeness (QED) is 0.704. The van der Waals surface area contributed by atoms with E-state index in [9.17, 15) is 9.59 Å². The van der Waals surface area contributed by atoms with Crippen LogP contribution in [-0.2, 0) is 4.74 Å². The number of carbonyl (C=O) groups excluding carboxylic acids is 2. The highest BCUT2D eigenvalue weighted by molar-refractivity contribution is 5.89. The Labute approximate surface area is 172 Å². The van der Waals surface area contributed by atoms with Crippen LogP contribution in [0, 0.1) is 6.92 Å². The molecule has 0 aliphatic rings. The molecule has 0 bridgehead atoms. The summed E-state index contributed by atoms with van der Waals surface area (Å²) in [5.74, 6) is 0.140. The molecule has 28 heavy (non-hydrogen) atoms. The van der Waals surface area contributed by atoms with Crippen LogP contribution in [0.25, 0.3) is 0 Å².